The molecular weight excluding hydrogens is 246 g/mol. The minimum atomic E-state index is -0.164. The van der Waals surface area contributed by atoms with Crippen molar-refractivity contribution in [1.82, 2.24) is 15.5 Å². The molecule has 2 rings (SSSR count). The molecule has 6 heteroatoms. The number of rotatable bonds is 5. The first-order valence-corrected chi connectivity index (χ1v) is 6.00. The van der Waals surface area contributed by atoms with Gasteiger partial charge >= 0.3 is 0 Å². The summed E-state index contributed by atoms with van der Waals surface area (Å²) in [7, 11) is 0. The van der Waals surface area contributed by atoms with E-state index in [9.17, 15) is 4.79 Å². The van der Waals surface area contributed by atoms with Crippen molar-refractivity contribution >= 4 is 5.91 Å². The van der Waals surface area contributed by atoms with Crippen LogP contribution in [0.1, 0.15) is 29.0 Å². The average molecular weight is 261 g/mol. The minimum absolute atomic E-state index is 0.160. The maximum absolute atomic E-state index is 11.8. The van der Waals surface area contributed by atoms with E-state index in [1.165, 1.54) is 0 Å². The van der Waals surface area contributed by atoms with Crippen LogP contribution in [0.25, 0.3) is 0 Å². The first-order valence-electron chi connectivity index (χ1n) is 6.00. The van der Waals surface area contributed by atoms with Gasteiger partial charge < -0.3 is 14.6 Å². The van der Waals surface area contributed by atoms with Gasteiger partial charge in [-0.2, -0.15) is 4.98 Å². The van der Waals surface area contributed by atoms with Crippen LogP contribution in [0.4, 0.5) is 0 Å². The smallest absolute Gasteiger partial charge is 0.255 e. The SMILES string of the molecule is CCNC(=O)c1ccccc1OCc1noc(C)n1. The molecular formula is C13H15N3O3. The van der Waals surface area contributed by atoms with Crippen LogP contribution in [0.5, 0.6) is 5.75 Å². The van der Waals surface area contributed by atoms with E-state index < -0.39 is 0 Å². The van der Waals surface area contributed by atoms with Crippen molar-refractivity contribution in [3.05, 3.63) is 41.5 Å². The van der Waals surface area contributed by atoms with E-state index in [1.807, 2.05) is 6.92 Å². The zero-order valence-electron chi connectivity index (χ0n) is 10.8. The van der Waals surface area contributed by atoms with Gasteiger partial charge in [0, 0.05) is 13.5 Å². The highest BCUT2D eigenvalue weighted by Gasteiger charge is 2.12. The molecule has 0 aliphatic rings. The van der Waals surface area contributed by atoms with Gasteiger partial charge in [-0.25, -0.2) is 0 Å². The lowest BCUT2D eigenvalue weighted by molar-refractivity contribution is 0.0951. The Balaban J connectivity index is 2.09. The van der Waals surface area contributed by atoms with Gasteiger partial charge in [0.05, 0.1) is 5.56 Å². The molecule has 0 saturated heterocycles. The molecule has 100 valence electrons. The van der Waals surface area contributed by atoms with Crippen LogP contribution in [0.15, 0.2) is 28.8 Å². The summed E-state index contributed by atoms with van der Waals surface area (Å²) in [5.74, 6) is 1.26. The highest BCUT2D eigenvalue weighted by Crippen LogP contribution is 2.18. The second-order valence-corrected chi connectivity index (χ2v) is 3.87. The van der Waals surface area contributed by atoms with Crippen molar-refractivity contribution in [3.63, 3.8) is 0 Å². The van der Waals surface area contributed by atoms with Gasteiger partial charge in [-0.15, -0.1) is 0 Å². The fourth-order valence-electron chi connectivity index (χ4n) is 1.58. The Morgan fingerprint density at radius 1 is 1.42 bits per heavy atom. The van der Waals surface area contributed by atoms with E-state index in [-0.39, 0.29) is 12.5 Å². The number of nitrogens with one attached hydrogen (secondary N) is 1. The molecule has 19 heavy (non-hydrogen) atoms. The summed E-state index contributed by atoms with van der Waals surface area (Å²) in [5.41, 5.74) is 0.490. The van der Waals surface area contributed by atoms with Crippen LogP contribution >= 0.6 is 0 Å². The third kappa shape index (κ3) is 3.31. The molecule has 0 aliphatic carbocycles. The number of hydrogen-bond acceptors (Lipinski definition) is 5. The lowest BCUT2D eigenvalue weighted by Crippen LogP contribution is -2.23. The maximum atomic E-state index is 11.8. The van der Waals surface area contributed by atoms with Gasteiger partial charge in [-0.05, 0) is 19.1 Å². The molecule has 0 radical (unpaired) electrons. The summed E-state index contributed by atoms with van der Waals surface area (Å²) in [6.45, 7) is 4.30. The number of hydrogen-bond donors (Lipinski definition) is 1. The molecule has 0 fully saturated rings. The largest absolute Gasteiger partial charge is 0.485 e. The quantitative estimate of drug-likeness (QED) is 0.886. The van der Waals surface area contributed by atoms with Gasteiger partial charge in [0.25, 0.3) is 5.91 Å². The zero-order chi connectivity index (χ0) is 13.7. The summed E-state index contributed by atoms with van der Waals surface area (Å²) in [6, 6.07) is 7.04. The molecule has 6 nitrogen and oxygen atoms in total. The number of carbonyl (C=O) groups excluding carboxylic acids is 1. The highest BCUT2D eigenvalue weighted by atomic mass is 16.5. The Bertz CT molecular complexity index is 566. The summed E-state index contributed by atoms with van der Waals surface area (Å²) in [6.07, 6.45) is 0. The van der Waals surface area contributed by atoms with Crippen LogP contribution in [-0.4, -0.2) is 22.6 Å². The van der Waals surface area contributed by atoms with Crippen molar-refractivity contribution in [2.75, 3.05) is 6.54 Å². The van der Waals surface area contributed by atoms with Gasteiger partial charge in [0.2, 0.25) is 11.7 Å². The Hall–Kier alpha value is -2.37. The van der Waals surface area contributed by atoms with Crippen LogP contribution in [0.2, 0.25) is 0 Å². The maximum Gasteiger partial charge on any atom is 0.255 e. The molecule has 1 heterocycles. The van der Waals surface area contributed by atoms with Gasteiger partial charge in [0.15, 0.2) is 6.61 Å². The molecule has 0 bridgehead atoms. The molecule has 0 atom stereocenters. The van der Waals surface area contributed by atoms with E-state index >= 15 is 0 Å². The fourth-order valence-corrected chi connectivity index (χ4v) is 1.58. The number of aromatic nitrogens is 2. The predicted molar refractivity (Wildman–Crippen MR) is 67.8 cm³/mol. The number of para-hydroxylation sites is 1. The topological polar surface area (TPSA) is 77.2 Å². The normalized spacial score (nSPS) is 10.2. The first kappa shape index (κ1) is 13.1. The van der Waals surface area contributed by atoms with Crippen LogP contribution in [-0.2, 0) is 6.61 Å². The molecule has 1 N–H and O–H groups in total. The predicted octanol–water partition coefficient (Wildman–Crippen LogP) is 1.71. The van der Waals surface area contributed by atoms with E-state index in [2.05, 4.69) is 15.5 Å². The number of aryl methyl sites for hydroxylation is 1. The van der Waals surface area contributed by atoms with Gasteiger partial charge in [-0.1, -0.05) is 17.3 Å². The number of nitrogens with zero attached hydrogens (tertiary/aromatic N) is 2. The molecule has 1 amide bonds. The highest BCUT2D eigenvalue weighted by molar-refractivity contribution is 5.96. The molecule has 1 aromatic carbocycles. The Labute approximate surface area is 110 Å². The Morgan fingerprint density at radius 2 is 2.21 bits per heavy atom. The van der Waals surface area contributed by atoms with Crippen molar-refractivity contribution in [2.24, 2.45) is 0 Å². The second-order valence-electron chi connectivity index (χ2n) is 3.87. The zero-order valence-corrected chi connectivity index (χ0v) is 10.8. The van der Waals surface area contributed by atoms with Crippen molar-refractivity contribution in [2.45, 2.75) is 20.5 Å². The minimum Gasteiger partial charge on any atom is -0.485 e. The standard InChI is InChI=1S/C13H15N3O3/c1-3-14-13(17)10-6-4-5-7-11(10)18-8-12-15-9(2)19-16-12/h4-7H,3,8H2,1-2H3,(H,14,17). The van der Waals surface area contributed by atoms with Crippen LogP contribution in [0.3, 0.4) is 0 Å². The van der Waals surface area contributed by atoms with Gasteiger partial charge in [-0.3, -0.25) is 4.79 Å². The Kier molecular flexibility index (Phi) is 4.12. The van der Waals surface area contributed by atoms with E-state index in [0.717, 1.165) is 0 Å². The number of amides is 1. The van der Waals surface area contributed by atoms with Crippen molar-refractivity contribution in [3.8, 4) is 5.75 Å². The summed E-state index contributed by atoms with van der Waals surface area (Å²) in [5, 5.41) is 6.47. The van der Waals surface area contributed by atoms with E-state index in [1.54, 1.807) is 31.2 Å². The average Bonchev–Trinajstić information content (AvgIpc) is 2.83. The van der Waals surface area contributed by atoms with Crippen LogP contribution in [0, 0.1) is 6.92 Å². The molecule has 0 saturated carbocycles. The Morgan fingerprint density at radius 3 is 2.89 bits per heavy atom. The fraction of sp³-hybridized carbons (Fsp3) is 0.308. The van der Waals surface area contributed by atoms with Crippen molar-refractivity contribution in [1.29, 1.82) is 0 Å². The third-order valence-corrected chi connectivity index (χ3v) is 2.40. The summed E-state index contributed by atoms with van der Waals surface area (Å²) >= 11 is 0. The van der Waals surface area contributed by atoms with Crippen molar-refractivity contribution < 1.29 is 14.1 Å². The molecule has 1 aromatic heterocycles. The lowest BCUT2D eigenvalue weighted by atomic mass is 10.2. The number of benzene rings is 1. The first-order chi connectivity index (χ1) is 9.20. The molecule has 0 spiro atoms. The third-order valence-electron chi connectivity index (χ3n) is 2.40. The molecule has 0 aliphatic heterocycles. The van der Waals surface area contributed by atoms with Gasteiger partial charge in [0.1, 0.15) is 5.75 Å². The lowest BCUT2D eigenvalue weighted by Gasteiger charge is -2.09. The van der Waals surface area contributed by atoms with E-state index in [4.69, 9.17) is 9.26 Å². The number of ether oxygens (including phenoxy) is 1. The van der Waals surface area contributed by atoms with Crippen LogP contribution < -0.4 is 10.1 Å². The molecule has 2 aromatic rings. The number of carbonyl (C=O) groups is 1. The summed E-state index contributed by atoms with van der Waals surface area (Å²) in [4.78, 5) is 15.9. The second kappa shape index (κ2) is 5.99. The summed E-state index contributed by atoms with van der Waals surface area (Å²) < 4.78 is 10.4. The molecule has 0 unspecified atom stereocenters. The monoisotopic (exact) mass is 261 g/mol. The van der Waals surface area contributed by atoms with E-state index in [0.29, 0.717) is 29.6 Å².